The maximum absolute atomic E-state index is 11.5. The Hall–Kier alpha value is -1.00. The molecule has 1 fully saturated rings. The quantitative estimate of drug-likeness (QED) is 0.876. The van der Waals surface area contributed by atoms with Crippen molar-refractivity contribution < 1.29 is 4.79 Å². The molecule has 1 saturated carbocycles. The SMILES string of the molecule is CCS[C@H]1CC[C@@H](N(C)Cc2ccc(C(=O)NC)cc2)C1. The molecular weight excluding hydrogens is 280 g/mol. The highest BCUT2D eigenvalue weighted by Gasteiger charge is 2.27. The third-order valence-electron chi connectivity index (χ3n) is 4.26. The van der Waals surface area contributed by atoms with Crippen LogP contribution >= 0.6 is 11.8 Å². The lowest BCUT2D eigenvalue weighted by Gasteiger charge is -2.24. The Morgan fingerprint density at radius 3 is 2.67 bits per heavy atom. The van der Waals surface area contributed by atoms with E-state index in [0.717, 1.165) is 17.4 Å². The highest BCUT2D eigenvalue weighted by molar-refractivity contribution is 7.99. The zero-order valence-electron chi connectivity index (χ0n) is 13.3. The second-order valence-electron chi connectivity index (χ2n) is 5.74. The van der Waals surface area contributed by atoms with Gasteiger partial charge in [-0.15, -0.1) is 0 Å². The van der Waals surface area contributed by atoms with E-state index in [2.05, 4.69) is 48.1 Å². The molecule has 116 valence electrons. The molecule has 0 bridgehead atoms. The second-order valence-corrected chi connectivity index (χ2v) is 7.31. The van der Waals surface area contributed by atoms with Gasteiger partial charge < -0.3 is 5.32 Å². The maximum Gasteiger partial charge on any atom is 0.251 e. The topological polar surface area (TPSA) is 32.3 Å². The van der Waals surface area contributed by atoms with Crippen LogP contribution in [0, 0.1) is 0 Å². The first kappa shape index (κ1) is 16.4. The molecular formula is C17H26N2OS. The smallest absolute Gasteiger partial charge is 0.251 e. The van der Waals surface area contributed by atoms with Gasteiger partial charge in [0, 0.05) is 30.4 Å². The third-order valence-corrected chi connectivity index (χ3v) is 5.49. The molecule has 1 aliphatic rings. The van der Waals surface area contributed by atoms with Gasteiger partial charge >= 0.3 is 0 Å². The Labute approximate surface area is 132 Å². The third kappa shape index (κ3) is 4.48. The van der Waals surface area contributed by atoms with Crippen LogP contribution in [0.2, 0.25) is 0 Å². The summed E-state index contributed by atoms with van der Waals surface area (Å²) in [5, 5.41) is 3.50. The van der Waals surface area contributed by atoms with Gasteiger partial charge in [0.25, 0.3) is 5.91 Å². The van der Waals surface area contributed by atoms with E-state index in [1.54, 1.807) is 7.05 Å². The van der Waals surface area contributed by atoms with Crippen molar-refractivity contribution in [3.63, 3.8) is 0 Å². The molecule has 0 heterocycles. The van der Waals surface area contributed by atoms with Gasteiger partial charge in [0.1, 0.15) is 0 Å². The van der Waals surface area contributed by atoms with Gasteiger partial charge in [0.2, 0.25) is 0 Å². The fraction of sp³-hybridized carbons (Fsp3) is 0.588. The Morgan fingerprint density at radius 2 is 2.05 bits per heavy atom. The van der Waals surface area contributed by atoms with Crippen LogP contribution in [-0.4, -0.2) is 41.9 Å². The first-order valence-electron chi connectivity index (χ1n) is 7.77. The van der Waals surface area contributed by atoms with Crippen molar-refractivity contribution in [2.45, 2.75) is 44.0 Å². The lowest BCUT2D eigenvalue weighted by molar-refractivity contribution is 0.0963. The number of benzene rings is 1. The molecule has 0 unspecified atom stereocenters. The van der Waals surface area contributed by atoms with Crippen LogP contribution in [0.1, 0.15) is 42.1 Å². The summed E-state index contributed by atoms with van der Waals surface area (Å²) in [6, 6.07) is 8.65. The molecule has 21 heavy (non-hydrogen) atoms. The minimum absolute atomic E-state index is 0.0230. The summed E-state index contributed by atoms with van der Waals surface area (Å²) in [4.78, 5) is 14.0. The highest BCUT2D eigenvalue weighted by atomic mass is 32.2. The lowest BCUT2D eigenvalue weighted by Crippen LogP contribution is -2.29. The Kier molecular flexibility index (Phi) is 6.12. The number of nitrogens with one attached hydrogen (secondary N) is 1. The number of carbonyl (C=O) groups excluding carboxylic acids is 1. The monoisotopic (exact) mass is 306 g/mol. The van der Waals surface area contributed by atoms with Crippen molar-refractivity contribution in [1.82, 2.24) is 10.2 Å². The van der Waals surface area contributed by atoms with Gasteiger partial charge in [0.15, 0.2) is 0 Å². The van der Waals surface area contributed by atoms with Gasteiger partial charge in [-0.2, -0.15) is 11.8 Å². The first-order chi connectivity index (χ1) is 10.1. The molecule has 1 N–H and O–H groups in total. The Morgan fingerprint density at radius 1 is 1.33 bits per heavy atom. The molecule has 2 rings (SSSR count). The number of rotatable bonds is 6. The standard InChI is InChI=1S/C17H26N2OS/c1-4-21-16-10-9-15(11-16)19(3)12-13-5-7-14(8-6-13)17(20)18-2/h5-8,15-16H,4,9-12H2,1-3H3,(H,18,20)/t15-,16+/m1/s1. The fourth-order valence-electron chi connectivity index (χ4n) is 3.03. The molecule has 0 radical (unpaired) electrons. The summed E-state index contributed by atoms with van der Waals surface area (Å²) < 4.78 is 0. The molecule has 0 saturated heterocycles. The molecule has 0 aromatic heterocycles. The van der Waals surface area contributed by atoms with Crippen LogP contribution in [0.5, 0.6) is 0 Å². The van der Waals surface area contributed by atoms with Crippen LogP contribution in [0.3, 0.4) is 0 Å². The summed E-state index contributed by atoms with van der Waals surface area (Å²) in [6.45, 7) is 3.21. The molecule has 4 heteroatoms. The van der Waals surface area contributed by atoms with Crippen molar-refractivity contribution in [3.05, 3.63) is 35.4 Å². The predicted octanol–water partition coefficient (Wildman–Crippen LogP) is 3.15. The van der Waals surface area contributed by atoms with E-state index < -0.39 is 0 Å². The van der Waals surface area contributed by atoms with E-state index >= 15 is 0 Å². The zero-order chi connectivity index (χ0) is 15.2. The van der Waals surface area contributed by atoms with Crippen LogP contribution in [0.25, 0.3) is 0 Å². The van der Waals surface area contributed by atoms with Crippen LogP contribution in [0.15, 0.2) is 24.3 Å². The highest BCUT2D eigenvalue weighted by Crippen LogP contribution is 2.32. The number of nitrogens with zero attached hydrogens (tertiary/aromatic N) is 1. The number of carbonyl (C=O) groups is 1. The second kappa shape index (κ2) is 7.85. The molecule has 1 aliphatic carbocycles. The molecule has 0 spiro atoms. The maximum atomic E-state index is 11.5. The van der Waals surface area contributed by atoms with Crippen molar-refractivity contribution in [2.75, 3.05) is 19.8 Å². The zero-order valence-corrected chi connectivity index (χ0v) is 14.1. The largest absolute Gasteiger partial charge is 0.355 e. The average molecular weight is 306 g/mol. The van der Waals surface area contributed by atoms with Gasteiger partial charge in [-0.1, -0.05) is 19.1 Å². The summed E-state index contributed by atoms with van der Waals surface area (Å²) in [6.07, 6.45) is 3.97. The minimum Gasteiger partial charge on any atom is -0.355 e. The summed E-state index contributed by atoms with van der Waals surface area (Å²) in [5.41, 5.74) is 2.00. The summed E-state index contributed by atoms with van der Waals surface area (Å²) in [7, 11) is 3.88. The van der Waals surface area contributed by atoms with Crippen LogP contribution < -0.4 is 5.32 Å². The van der Waals surface area contributed by atoms with Crippen molar-refractivity contribution in [3.8, 4) is 0 Å². The first-order valence-corrected chi connectivity index (χ1v) is 8.81. The van der Waals surface area contributed by atoms with Gasteiger partial charge in [-0.3, -0.25) is 9.69 Å². The molecule has 1 aromatic rings. The Bertz CT molecular complexity index is 460. The van der Waals surface area contributed by atoms with E-state index in [-0.39, 0.29) is 5.91 Å². The molecule has 3 nitrogen and oxygen atoms in total. The number of hydrogen-bond donors (Lipinski definition) is 1. The van der Waals surface area contributed by atoms with Crippen molar-refractivity contribution in [2.24, 2.45) is 0 Å². The van der Waals surface area contributed by atoms with Crippen molar-refractivity contribution >= 4 is 17.7 Å². The summed E-state index contributed by atoms with van der Waals surface area (Å²) in [5.74, 6) is 1.20. The van der Waals surface area contributed by atoms with Crippen LogP contribution in [-0.2, 0) is 6.54 Å². The van der Waals surface area contributed by atoms with E-state index in [1.165, 1.54) is 30.6 Å². The fourth-order valence-corrected chi connectivity index (χ4v) is 4.16. The number of hydrogen-bond acceptors (Lipinski definition) is 3. The van der Waals surface area contributed by atoms with Crippen molar-refractivity contribution in [1.29, 1.82) is 0 Å². The predicted molar refractivity (Wildman–Crippen MR) is 90.9 cm³/mol. The van der Waals surface area contributed by atoms with E-state index in [1.807, 2.05) is 12.1 Å². The summed E-state index contributed by atoms with van der Waals surface area (Å²) >= 11 is 2.10. The lowest BCUT2D eigenvalue weighted by atomic mass is 10.1. The van der Waals surface area contributed by atoms with Crippen LogP contribution in [0.4, 0.5) is 0 Å². The number of thioether (sulfide) groups is 1. The van der Waals surface area contributed by atoms with Gasteiger partial charge in [-0.05, 0) is 49.8 Å². The molecule has 1 amide bonds. The van der Waals surface area contributed by atoms with E-state index in [0.29, 0.717) is 6.04 Å². The van der Waals surface area contributed by atoms with E-state index in [9.17, 15) is 4.79 Å². The Balaban J connectivity index is 1.88. The van der Waals surface area contributed by atoms with Gasteiger partial charge in [0.05, 0.1) is 0 Å². The average Bonchev–Trinajstić information content (AvgIpc) is 2.96. The number of amides is 1. The minimum atomic E-state index is -0.0230. The molecule has 2 atom stereocenters. The normalized spacial score (nSPS) is 21.7. The van der Waals surface area contributed by atoms with E-state index in [4.69, 9.17) is 0 Å². The molecule has 0 aliphatic heterocycles. The van der Waals surface area contributed by atoms with Gasteiger partial charge in [-0.25, -0.2) is 0 Å². The molecule has 1 aromatic carbocycles.